The number of aromatic carboxylic acids is 1. The Bertz CT molecular complexity index is 627. The number of hydrogen-bond acceptors (Lipinski definition) is 5. The summed E-state index contributed by atoms with van der Waals surface area (Å²) in [5, 5.41) is 19.7. The number of nitro benzene ring substituents is 1. The van der Waals surface area contributed by atoms with Gasteiger partial charge in [0.2, 0.25) is 0 Å². The molecule has 7 heteroatoms. The minimum absolute atomic E-state index is 0.0159. The Labute approximate surface area is 101 Å². The first-order chi connectivity index (χ1) is 8.59. The average molecular weight is 245 g/mol. The van der Waals surface area contributed by atoms with Crippen molar-refractivity contribution >= 4 is 11.7 Å². The van der Waals surface area contributed by atoms with E-state index < -0.39 is 10.9 Å². The Kier molecular flexibility index (Phi) is 2.96. The molecule has 18 heavy (non-hydrogen) atoms. The molecule has 0 bridgehead atoms. The zero-order valence-corrected chi connectivity index (χ0v) is 8.98. The van der Waals surface area contributed by atoms with Gasteiger partial charge in [-0.2, -0.15) is 0 Å². The maximum absolute atomic E-state index is 10.8. The van der Waals surface area contributed by atoms with Gasteiger partial charge in [0, 0.05) is 12.3 Å². The van der Waals surface area contributed by atoms with Gasteiger partial charge in [-0.05, 0) is 12.1 Å². The number of benzene rings is 1. The third-order valence-electron chi connectivity index (χ3n) is 2.22. The van der Waals surface area contributed by atoms with Gasteiger partial charge in [0.15, 0.2) is 11.5 Å². The van der Waals surface area contributed by atoms with Gasteiger partial charge in [0.1, 0.15) is 0 Å². The van der Waals surface area contributed by atoms with Gasteiger partial charge >= 0.3 is 5.97 Å². The maximum atomic E-state index is 10.8. The smallest absolute Gasteiger partial charge is 0.354 e. The fourth-order valence-corrected chi connectivity index (χ4v) is 1.43. The van der Waals surface area contributed by atoms with Crippen molar-refractivity contribution in [3.8, 4) is 11.4 Å². The Morgan fingerprint density at radius 3 is 2.67 bits per heavy atom. The molecule has 0 aliphatic heterocycles. The zero-order chi connectivity index (χ0) is 13.1. The second-order valence-corrected chi connectivity index (χ2v) is 3.34. The van der Waals surface area contributed by atoms with E-state index in [1.807, 2.05) is 0 Å². The molecule has 0 atom stereocenters. The van der Waals surface area contributed by atoms with Gasteiger partial charge in [-0.15, -0.1) is 0 Å². The molecule has 0 fully saturated rings. The summed E-state index contributed by atoms with van der Waals surface area (Å²) in [6, 6.07) is 7.12. The predicted molar refractivity (Wildman–Crippen MR) is 61.1 cm³/mol. The first-order valence-electron chi connectivity index (χ1n) is 4.89. The van der Waals surface area contributed by atoms with Crippen molar-refractivity contribution in [1.82, 2.24) is 9.97 Å². The molecular weight excluding hydrogens is 238 g/mol. The van der Waals surface area contributed by atoms with Crippen LogP contribution in [0.3, 0.4) is 0 Å². The highest BCUT2D eigenvalue weighted by Gasteiger charge is 2.17. The molecule has 1 heterocycles. The van der Waals surface area contributed by atoms with Gasteiger partial charge in [0.05, 0.1) is 10.5 Å². The Hall–Kier alpha value is -2.83. The Morgan fingerprint density at radius 2 is 2.00 bits per heavy atom. The molecule has 1 N–H and O–H groups in total. The summed E-state index contributed by atoms with van der Waals surface area (Å²) >= 11 is 0. The van der Waals surface area contributed by atoms with Crippen molar-refractivity contribution in [1.29, 1.82) is 0 Å². The van der Waals surface area contributed by atoms with E-state index in [0.717, 1.165) is 0 Å². The lowest BCUT2D eigenvalue weighted by molar-refractivity contribution is -0.384. The van der Waals surface area contributed by atoms with Crippen LogP contribution in [0.2, 0.25) is 0 Å². The molecule has 0 radical (unpaired) electrons. The molecule has 90 valence electrons. The van der Waals surface area contributed by atoms with Crippen LogP contribution < -0.4 is 0 Å². The van der Waals surface area contributed by atoms with Crippen LogP contribution in [-0.2, 0) is 0 Å². The second-order valence-electron chi connectivity index (χ2n) is 3.34. The van der Waals surface area contributed by atoms with Crippen LogP contribution in [0.15, 0.2) is 36.5 Å². The van der Waals surface area contributed by atoms with Crippen LogP contribution >= 0.6 is 0 Å². The fourth-order valence-electron chi connectivity index (χ4n) is 1.43. The van der Waals surface area contributed by atoms with Crippen LogP contribution in [0.1, 0.15) is 10.5 Å². The van der Waals surface area contributed by atoms with E-state index >= 15 is 0 Å². The summed E-state index contributed by atoms with van der Waals surface area (Å²) in [5.41, 5.74) is -0.191. The minimum Gasteiger partial charge on any atom is -0.477 e. The van der Waals surface area contributed by atoms with Crippen LogP contribution in [-0.4, -0.2) is 26.0 Å². The number of carboxylic acids is 1. The van der Waals surface area contributed by atoms with Crippen LogP contribution in [0.4, 0.5) is 5.69 Å². The highest BCUT2D eigenvalue weighted by molar-refractivity contribution is 5.86. The van der Waals surface area contributed by atoms with Gasteiger partial charge in [-0.25, -0.2) is 14.8 Å². The van der Waals surface area contributed by atoms with E-state index in [-0.39, 0.29) is 22.8 Å². The number of nitrogens with zero attached hydrogens (tertiary/aromatic N) is 3. The van der Waals surface area contributed by atoms with Crippen LogP contribution in [0.5, 0.6) is 0 Å². The summed E-state index contributed by atoms with van der Waals surface area (Å²) in [5.74, 6) is -1.19. The van der Waals surface area contributed by atoms with Gasteiger partial charge in [-0.1, -0.05) is 12.1 Å². The highest BCUT2D eigenvalue weighted by Crippen LogP contribution is 2.26. The number of carboxylic acid groups (broad SMARTS) is 1. The molecule has 0 saturated heterocycles. The van der Waals surface area contributed by atoms with Crippen molar-refractivity contribution in [2.45, 2.75) is 0 Å². The van der Waals surface area contributed by atoms with E-state index in [2.05, 4.69) is 9.97 Å². The summed E-state index contributed by atoms with van der Waals surface area (Å²) in [6.45, 7) is 0. The van der Waals surface area contributed by atoms with Crippen molar-refractivity contribution in [3.63, 3.8) is 0 Å². The maximum Gasteiger partial charge on any atom is 0.354 e. The number of para-hydroxylation sites is 1. The van der Waals surface area contributed by atoms with E-state index in [1.54, 1.807) is 6.07 Å². The molecule has 2 rings (SSSR count). The molecule has 0 saturated carbocycles. The SMILES string of the molecule is O=C(O)c1ccnc(-c2ccccc2[N+](=O)[O-])n1. The number of nitro groups is 1. The van der Waals surface area contributed by atoms with Gasteiger partial charge < -0.3 is 5.11 Å². The molecule has 0 aliphatic carbocycles. The summed E-state index contributed by atoms with van der Waals surface area (Å²) in [4.78, 5) is 28.7. The summed E-state index contributed by atoms with van der Waals surface area (Å²) in [6.07, 6.45) is 1.25. The standard InChI is InChI=1S/C11H7N3O4/c15-11(16)8-5-6-12-10(13-8)7-3-1-2-4-9(7)14(17)18/h1-6H,(H,15,16). The number of rotatable bonds is 3. The van der Waals surface area contributed by atoms with Gasteiger partial charge in [-0.3, -0.25) is 10.1 Å². The van der Waals surface area contributed by atoms with Gasteiger partial charge in [0.25, 0.3) is 5.69 Å². The lowest BCUT2D eigenvalue weighted by Crippen LogP contribution is -2.03. The molecule has 2 aromatic rings. The molecule has 7 nitrogen and oxygen atoms in total. The van der Waals surface area contributed by atoms with E-state index in [4.69, 9.17) is 5.11 Å². The van der Waals surface area contributed by atoms with Crippen molar-refractivity contribution in [2.75, 3.05) is 0 Å². The van der Waals surface area contributed by atoms with Crippen molar-refractivity contribution in [3.05, 3.63) is 52.3 Å². The largest absolute Gasteiger partial charge is 0.477 e. The molecule has 1 aromatic heterocycles. The minimum atomic E-state index is -1.21. The quantitative estimate of drug-likeness (QED) is 0.652. The topological polar surface area (TPSA) is 106 Å². The fraction of sp³-hybridized carbons (Fsp3) is 0. The molecule has 0 amide bonds. The lowest BCUT2D eigenvalue weighted by Gasteiger charge is -2.01. The Morgan fingerprint density at radius 1 is 1.28 bits per heavy atom. The van der Waals surface area contributed by atoms with Crippen molar-refractivity contribution in [2.24, 2.45) is 0 Å². The second kappa shape index (κ2) is 4.58. The highest BCUT2D eigenvalue weighted by atomic mass is 16.6. The van der Waals surface area contributed by atoms with E-state index in [9.17, 15) is 14.9 Å². The lowest BCUT2D eigenvalue weighted by atomic mass is 10.1. The zero-order valence-electron chi connectivity index (χ0n) is 8.98. The normalized spacial score (nSPS) is 10.0. The molecule has 1 aromatic carbocycles. The van der Waals surface area contributed by atoms with E-state index in [0.29, 0.717) is 0 Å². The number of carbonyl (C=O) groups is 1. The molecule has 0 aliphatic rings. The Balaban J connectivity index is 2.58. The average Bonchev–Trinajstić information content (AvgIpc) is 2.39. The first kappa shape index (κ1) is 11.6. The van der Waals surface area contributed by atoms with Crippen molar-refractivity contribution < 1.29 is 14.8 Å². The molecule has 0 unspecified atom stereocenters. The first-order valence-corrected chi connectivity index (χ1v) is 4.89. The van der Waals surface area contributed by atoms with Crippen LogP contribution in [0.25, 0.3) is 11.4 Å². The summed E-state index contributed by atoms with van der Waals surface area (Å²) in [7, 11) is 0. The third kappa shape index (κ3) is 2.14. The van der Waals surface area contributed by atoms with E-state index in [1.165, 1.54) is 30.5 Å². The number of aromatic nitrogens is 2. The third-order valence-corrected chi connectivity index (χ3v) is 2.22. The monoisotopic (exact) mass is 245 g/mol. The molecular formula is C11H7N3O4. The van der Waals surface area contributed by atoms with Crippen LogP contribution in [0, 0.1) is 10.1 Å². The molecule has 0 spiro atoms. The predicted octanol–water partition coefficient (Wildman–Crippen LogP) is 1.75. The number of hydrogen-bond donors (Lipinski definition) is 1. The summed E-state index contributed by atoms with van der Waals surface area (Å²) < 4.78 is 0.